The number of rotatable bonds is 5. The Morgan fingerprint density at radius 2 is 1.85 bits per heavy atom. The van der Waals surface area contributed by atoms with Gasteiger partial charge >= 0.3 is 0 Å². The van der Waals surface area contributed by atoms with Gasteiger partial charge < -0.3 is 14.6 Å². The molecule has 0 spiro atoms. The lowest BCUT2D eigenvalue weighted by molar-refractivity contribution is 0.0904. The van der Waals surface area contributed by atoms with E-state index in [0.29, 0.717) is 6.04 Å². The summed E-state index contributed by atoms with van der Waals surface area (Å²) in [5.74, 6) is 1.09. The number of fused-ring (bicyclic) bond motifs is 1. The Kier molecular flexibility index (Phi) is 5.12. The van der Waals surface area contributed by atoms with E-state index in [1.807, 2.05) is 6.92 Å². The minimum absolute atomic E-state index is 0.518. The fourth-order valence-electron chi connectivity index (χ4n) is 3.85. The van der Waals surface area contributed by atoms with Crippen molar-refractivity contribution in [1.82, 2.24) is 14.5 Å². The summed E-state index contributed by atoms with van der Waals surface area (Å²) in [4.78, 5) is 9.61. The van der Waals surface area contributed by atoms with Crippen molar-refractivity contribution in [3.63, 3.8) is 0 Å². The fourth-order valence-corrected chi connectivity index (χ4v) is 3.85. The van der Waals surface area contributed by atoms with Crippen LogP contribution < -0.4 is 5.32 Å². The molecule has 0 unspecified atom stereocenters. The number of hydrogen-bond acceptors (Lipinski definition) is 4. The van der Waals surface area contributed by atoms with Gasteiger partial charge in [0.25, 0.3) is 0 Å². The summed E-state index contributed by atoms with van der Waals surface area (Å²) in [5, 5.41) is 3.62. The summed E-state index contributed by atoms with van der Waals surface area (Å²) in [6.45, 7) is 8.83. The third-order valence-electron chi connectivity index (χ3n) is 5.30. The molecule has 5 nitrogen and oxygen atoms in total. The summed E-state index contributed by atoms with van der Waals surface area (Å²) in [5.41, 5.74) is 6.70. The first-order chi connectivity index (χ1) is 13.1. The van der Waals surface area contributed by atoms with E-state index in [4.69, 9.17) is 14.7 Å². The molecule has 1 fully saturated rings. The third kappa shape index (κ3) is 3.83. The van der Waals surface area contributed by atoms with Crippen molar-refractivity contribution in [3.05, 3.63) is 53.0 Å². The van der Waals surface area contributed by atoms with Crippen LogP contribution in [0.25, 0.3) is 11.2 Å². The van der Waals surface area contributed by atoms with Crippen LogP contribution in [0.1, 0.15) is 42.4 Å². The van der Waals surface area contributed by atoms with E-state index in [2.05, 4.69) is 54.1 Å². The van der Waals surface area contributed by atoms with Crippen LogP contribution in [-0.4, -0.2) is 33.8 Å². The molecule has 1 aliphatic rings. The molecule has 0 bridgehead atoms. The molecule has 0 amide bonds. The lowest BCUT2D eigenvalue weighted by Crippen LogP contribution is -2.27. The highest BCUT2D eigenvalue weighted by Crippen LogP contribution is 2.22. The summed E-state index contributed by atoms with van der Waals surface area (Å²) in [7, 11) is 0. The quantitative estimate of drug-likeness (QED) is 0.735. The number of anilines is 1. The molecule has 0 atom stereocenters. The molecule has 0 radical (unpaired) electrons. The van der Waals surface area contributed by atoms with Gasteiger partial charge in [-0.25, -0.2) is 9.97 Å². The normalized spacial score (nSPS) is 15.4. The molecule has 1 N–H and O–H groups in total. The molecule has 1 aliphatic heterocycles. The number of aromatic nitrogens is 3. The van der Waals surface area contributed by atoms with Gasteiger partial charge in [0.15, 0.2) is 5.65 Å². The zero-order chi connectivity index (χ0) is 18.8. The highest BCUT2D eigenvalue weighted by molar-refractivity contribution is 5.76. The number of pyridine rings is 1. The number of aryl methyl sites for hydroxylation is 3. The molecular weight excluding hydrogens is 336 g/mol. The molecule has 3 aromatic rings. The van der Waals surface area contributed by atoms with E-state index in [1.165, 1.54) is 16.8 Å². The van der Waals surface area contributed by atoms with Gasteiger partial charge in [0.2, 0.25) is 0 Å². The van der Waals surface area contributed by atoms with Gasteiger partial charge in [0.1, 0.15) is 11.3 Å². The van der Waals surface area contributed by atoms with Crippen LogP contribution in [0.4, 0.5) is 5.69 Å². The van der Waals surface area contributed by atoms with Gasteiger partial charge in [0.05, 0.1) is 6.54 Å². The van der Waals surface area contributed by atoms with E-state index in [-0.39, 0.29) is 0 Å². The van der Waals surface area contributed by atoms with Gasteiger partial charge in [-0.15, -0.1) is 0 Å². The van der Waals surface area contributed by atoms with E-state index in [1.54, 1.807) is 0 Å². The zero-order valence-electron chi connectivity index (χ0n) is 16.5. The van der Waals surface area contributed by atoms with Crippen molar-refractivity contribution in [3.8, 4) is 0 Å². The van der Waals surface area contributed by atoms with Crippen LogP contribution in [0, 0.1) is 13.8 Å². The monoisotopic (exact) mass is 364 g/mol. The Morgan fingerprint density at radius 1 is 1.11 bits per heavy atom. The Labute approximate surface area is 160 Å². The maximum atomic E-state index is 5.43. The second-order valence-electron chi connectivity index (χ2n) is 7.45. The molecule has 142 valence electrons. The minimum atomic E-state index is 0.518. The topological polar surface area (TPSA) is 52.0 Å². The Balaban J connectivity index is 1.56. The van der Waals surface area contributed by atoms with Gasteiger partial charge in [-0.05, 0) is 56.0 Å². The minimum Gasteiger partial charge on any atom is -0.382 e. The Bertz CT molecular complexity index is 924. The smallest absolute Gasteiger partial charge is 0.160 e. The molecule has 2 aromatic heterocycles. The largest absolute Gasteiger partial charge is 0.382 e. The van der Waals surface area contributed by atoms with Gasteiger partial charge in [0, 0.05) is 37.1 Å². The van der Waals surface area contributed by atoms with E-state index >= 15 is 0 Å². The molecule has 1 saturated heterocycles. The standard InChI is InChI=1S/C22H28N4O/c1-4-20-25-21-15(2)13-16(3)23-22(21)26(20)14-17-5-7-18(8-6-17)24-19-9-11-27-12-10-19/h5-8,13,19,24H,4,9-12,14H2,1-3H3. The number of benzene rings is 1. The van der Waals surface area contributed by atoms with Crippen LogP contribution in [-0.2, 0) is 17.7 Å². The predicted molar refractivity (Wildman–Crippen MR) is 109 cm³/mol. The second kappa shape index (κ2) is 7.69. The lowest BCUT2D eigenvalue weighted by atomic mass is 10.1. The van der Waals surface area contributed by atoms with Crippen LogP contribution in [0.3, 0.4) is 0 Å². The Hall–Kier alpha value is -2.40. The van der Waals surface area contributed by atoms with Crippen molar-refractivity contribution in [1.29, 1.82) is 0 Å². The number of hydrogen-bond donors (Lipinski definition) is 1. The molecule has 0 saturated carbocycles. The predicted octanol–water partition coefficient (Wildman–Crippen LogP) is 4.25. The van der Waals surface area contributed by atoms with Gasteiger partial charge in [-0.1, -0.05) is 19.1 Å². The van der Waals surface area contributed by atoms with Crippen LogP contribution in [0.2, 0.25) is 0 Å². The van der Waals surface area contributed by atoms with Crippen molar-refractivity contribution >= 4 is 16.9 Å². The molecule has 3 heterocycles. The Morgan fingerprint density at radius 3 is 2.56 bits per heavy atom. The average Bonchev–Trinajstić information content (AvgIpc) is 3.02. The van der Waals surface area contributed by atoms with Gasteiger partial charge in [-0.3, -0.25) is 0 Å². The van der Waals surface area contributed by atoms with Crippen LogP contribution >= 0.6 is 0 Å². The molecular formula is C22H28N4O. The van der Waals surface area contributed by atoms with Crippen LogP contribution in [0.15, 0.2) is 30.3 Å². The molecule has 0 aliphatic carbocycles. The summed E-state index contributed by atoms with van der Waals surface area (Å²) in [6, 6.07) is 11.4. The van der Waals surface area contributed by atoms with Crippen molar-refractivity contribution < 1.29 is 4.74 Å². The maximum Gasteiger partial charge on any atom is 0.160 e. The van der Waals surface area contributed by atoms with Crippen LogP contribution in [0.5, 0.6) is 0 Å². The third-order valence-corrected chi connectivity index (χ3v) is 5.30. The number of nitrogens with one attached hydrogen (secondary N) is 1. The number of imidazole rings is 1. The van der Waals surface area contributed by atoms with E-state index in [9.17, 15) is 0 Å². The highest BCUT2D eigenvalue weighted by atomic mass is 16.5. The van der Waals surface area contributed by atoms with Crippen molar-refractivity contribution in [2.45, 2.75) is 52.6 Å². The first-order valence-electron chi connectivity index (χ1n) is 9.90. The maximum absolute atomic E-state index is 5.43. The SMILES string of the molecule is CCc1nc2c(C)cc(C)nc2n1Cc1ccc(NC2CCOCC2)cc1. The first kappa shape index (κ1) is 18.0. The highest BCUT2D eigenvalue weighted by Gasteiger charge is 2.15. The molecule has 27 heavy (non-hydrogen) atoms. The van der Waals surface area contributed by atoms with E-state index in [0.717, 1.165) is 61.7 Å². The fraction of sp³-hybridized carbons (Fsp3) is 0.455. The van der Waals surface area contributed by atoms with Gasteiger partial charge in [-0.2, -0.15) is 0 Å². The van der Waals surface area contributed by atoms with Crippen molar-refractivity contribution in [2.75, 3.05) is 18.5 Å². The number of ether oxygens (including phenoxy) is 1. The average molecular weight is 364 g/mol. The molecule has 4 rings (SSSR count). The zero-order valence-corrected chi connectivity index (χ0v) is 16.5. The van der Waals surface area contributed by atoms with Crippen molar-refractivity contribution in [2.24, 2.45) is 0 Å². The summed E-state index contributed by atoms with van der Waals surface area (Å²) in [6.07, 6.45) is 3.05. The lowest BCUT2D eigenvalue weighted by Gasteiger charge is -2.24. The first-order valence-corrected chi connectivity index (χ1v) is 9.90. The molecule has 5 heteroatoms. The summed E-state index contributed by atoms with van der Waals surface area (Å²) < 4.78 is 7.69. The van der Waals surface area contributed by atoms with E-state index < -0.39 is 0 Å². The number of nitrogens with zero attached hydrogens (tertiary/aromatic N) is 3. The summed E-state index contributed by atoms with van der Waals surface area (Å²) >= 11 is 0. The second-order valence-corrected chi connectivity index (χ2v) is 7.45. The molecule has 1 aromatic carbocycles.